The van der Waals surface area contributed by atoms with Crippen LogP contribution in [0.15, 0.2) is 0 Å². The summed E-state index contributed by atoms with van der Waals surface area (Å²) in [5.41, 5.74) is 15.3. The SMILES string of the molecule is NC(=O)CC[C@H](NC(=O)[C@H](CCC(N)=O)NC(=O)[C@@H](N)CO)C(=O)O. The van der Waals surface area contributed by atoms with Gasteiger partial charge in [0.1, 0.15) is 18.1 Å². The molecule has 0 saturated carbocycles. The second-order valence-electron chi connectivity index (χ2n) is 5.26. The van der Waals surface area contributed by atoms with Crippen LogP contribution in [0, 0.1) is 0 Å². The minimum absolute atomic E-state index is 0.201. The van der Waals surface area contributed by atoms with Crippen molar-refractivity contribution in [1.82, 2.24) is 10.6 Å². The third kappa shape index (κ3) is 9.22. The van der Waals surface area contributed by atoms with Crippen molar-refractivity contribution in [2.75, 3.05) is 6.61 Å². The molecule has 0 aromatic heterocycles. The molecular weight excluding hydrogens is 338 g/mol. The van der Waals surface area contributed by atoms with Gasteiger partial charge in [0.05, 0.1) is 6.61 Å². The van der Waals surface area contributed by atoms with Crippen LogP contribution in [0.25, 0.3) is 0 Å². The first-order chi connectivity index (χ1) is 11.6. The minimum atomic E-state index is -1.42. The van der Waals surface area contributed by atoms with Crippen molar-refractivity contribution in [3.8, 4) is 0 Å². The van der Waals surface area contributed by atoms with E-state index in [0.717, 1.165) is 0 Å². The fourth-order valence-corrected chi connectivity index (χ4v) is 1.73. The number of hydrogen-bond donors (Lipinski definition) is 7. The molecule has 0 saturated heterocycles. The molecule has 4 amide bonds. The number of hydrogen-bond acceptors (Lipinski definition) is 7. The Morgan fingerprint density at radius 2 is 1.28 bits per heavy atom. The summed E-state index contributed by atoms with van der Waals surface area (Å²) in [7, 11) is 0. The Kier molecular flexibility index (Phi) is 9.74. The molecule has 0 rings (SSSR count). The molecule has 10 N–H and O–H groups in total. The number of aliphatic hydroxyl groups excluding tert-OH is 1. The first-order valence-electron chi connectivity index (χ1n) is 7.35. The molecule has 0 aliphatic heterocycles. The van der Waals surface area contributed by atoms with Crippen molar-refractivity contribution >= 4 is 29.6 Å². The molecule has 0 unspecified atom stereocenters. The fourth-order valence-electron chi connectivity index (χ4n) is 1.73. The third-order valence-electron chi connectivity index (χ3n) is 3.14. The zero-order valence-electron chi connectivity index (χ0n) is 13.4. The zero-order chi connectivity index (χ0) is 19.6. The van der Waals surface area contributed by atoms with Crippen LogP contribution in [-0.4, -0.2) is 64.5 Å². The molecule has 0 spiro atoms. The van der Waals surface area contributed by atoms with Crippen molar-refractivity contribution in [2.24, 2.45) is 17.2 Å². The van der Waals surface area contributed by atoms with E-state index in [4.69, 9.17) is 27.4 Å². The average molecular weight is 361 g/mol. The molecule has 3 atom stereocenters. The van der Waals surface area contributed by atoms with Crippen LogP contribution < -0.4 is 27.8 Å². The number of carboxylic acid groups (broad SMARTS) is 1. The van der Waals surface area contributed by atoms with Gasteiger partial charge < -0.3 is 38.0 Å². The van der Waals surface area contributed by atoms with Crippen LogP contribution in [0.1, 0.15) is 25.7 Å². The van der Waals surface area contributed by atoms with E-state index in [-0.39, 0.29) is 25.7 Å². The number of carbonyl (C=O) groups excluding carboxylic acids is 4. The number of carboxylic acids is 1. The van der Waals surface area contributed by atoms with Crippen LogP contribution in [-0.2, 0) is 24.0 Å². The molecule has 0 aromatic carbocycles. The standard InChI is InChI=1S/C13H23N5O7/c14-6(5-19)11(22)17-7(1-3-9(15)20)12(23)18-8(13(24)25)2-4-10(16)21/h6-8,19H,1-5,14H2,(H2,15,20)(H2,16,21)(H,17,22)(H,18,23)(H,24,25)/t6-,7-,8-/m0/s1. The van der Waals surface area contributed by atoms with Crippen LogP contribution in [0.5, 0.6) is 0 Å². The highest BCUT2D eigenvalue weighted by atomic mass is 16.4. The summed E-state index contributed by atoms with van der Waals surface area (Å²) in [6, 6.07) is -4.01. The summed E-state index contributed by atoms with van der Waals surface area (Å²) in [6.45, 7) is -0.674. The highest BCUT2D eigenvalue weighted by Crippen LogP contribution is 2.03. The summed E-state index contributed by atoms with van der Waals surface area (Å²) in [4.78, 5) is 56.7. The van der Waals surface area contributed by atoms with E-state index in [2.05, 4.69) is 10.6 Å². The lowest BCUT2D eigenvalue weighted by molar-refractivity contribution is -0.142. The Bertz CT molecular complexity index is 525. The van der Waals surface area contributed by atoms with Crippen molar-refractivity contribution < 1.29 is 34.2 Å². The van der Waals surface area contributed by atoms with Gasteiger partial charge in [0.25, 0.3) is 0 Å². The molecule has 12 nitrogen and oxygen atoms in total. The Hall–Kier alpha value is -2.73. The van der Waals surface area contributed by atoms with E-state index >= 15 is 0 Å². The Balaban J connectivity index is 5.02. The number of rotatable bonds is 12. The Morgan fingerprint density at radius 1 is 0.840 bits per heavy atom. The van der Waals surface area contributed by atoms with E-state index in [0.29, 0.717) is 0 Å². The Labute approximate surface area is 143 Å². The van der Waals surface area contributed by atoms with E-state index in [1.54, 1.807) is 0 Å². The van der Waals surface area contributed by atoms with Gasteiger partial charge in [-0.05, 0) is 12.8 Å². The van der Waals surface area contributed by atoms with Crippen LogP contribution >= 0.6 is 0 Å². The molecule has 0 aliphatic rings. The molecule has 0 radical (unpaired) electrons. The highest BCUT2D eigenvalue weighted by molar-refractivity contribution is 5.92. The minimum Gasteiger partial charge on any atom is -0.480 e. The van der Waals surface area contributed by atoms with Crippen molar-refractivity contribution in [2.45, 2.75) is 43.8 Å². The van der Waals surface area contributed by atoms with Gasteiger partial charge in [-0.2, -0.15) is 0 Å². The average Bonchev–Trinajstić information content (AvgIpc) is 2.53. The predicted molar refractivity (Wildman–Crippen MR) is 83.4 cm³/mol. The third-order valence-corrected chi connectivity index (χ3v) is 3.14. The zero-order valence-corrected chi connectivity index (χ0v) is 13.4. The predicted octanol–water partition coefficient (Wildman–Crippen LogP) is -4.11. The smallest absolute Gasteiger partial charge is 0.326 e. The largest absolute Gasteiger partial charge is 0.480 e. The second-order valence-corrected chi connectivity index (χ2v) is 5.26. The monoisotopic (exact) mass is 361 g/mol. The van der Waals surface area contributed by atoms with Gasteiger partial charge >= 0.3 is 5.97 Å². The normalized spacial score (nSPS) is 14.0. The van der Waals surface area contributed by atoms with Crippen molar-refractivity contribution in [3.63, 3.8) is 0 Å². The quantitative estimate of drug-likeness (QED) is 0.180. The number of amides is 4. The molecule has 0 aliphatic carbocycles. The molecule has 0 bridgehead atoms. The summed E-state index contributed by atoms with van der Waals surface area (Å²) in [5.74, 6) is -4.65. The van der Waals surface area contributed by atoms with Crippen LogP contribution in [0.3, 0.4) is 0 Å². The van der Waals surface area contributed by atoms with Gasteiger partial charge in [-0.3, -0.25) is 19.2 Å². The second kappa shape index (κ2) is 10.9. The topological polar surface area (TPSA) is 228 Å². The molecule has 0 fully saturated rings. The van der Waals surface area contributed by atoms with E-state index in [9.17, 15) is 24.0 Å². The maximum atomic E-state index is 12.2. The number of carbonyl (C=O) groups is 5. The molecule has 0 aromatic rings. The molecule has 142 valence electrons. The number of aliphatic hydroxyl groups is 1. The van der Waals surface area contributed by atoms with Crippen molar-refractivity contribution in [3.05, 3.63) is 0 Å². The number of nitrogens with two attached hydrogens (primary N) is 3. The summed E-state index contributed by atoms with van der Waals surface area (Å²) in [5, 5.41) is 22.2. The van der Waals surface area contributed by atoms with Crippen LogP contribution in [0.2, 0.25) is 0 Å². The Morgan fingerprint density at radius 3 is 1.68 bits per heavy atom. The van der Waals surface area contributed by atoms with Gasteiger partial charge in [0.15, 0.2) is 0 Å². The lowest BCUT2D eigenvalue weighted by Gasteiger charge is -2.22. The van der Waals surface area contributed by atoms with Gasteiger partial charge in [-0.25, -0.2) is 4.79 Å². The van der Waals surface area contributed by atoms with E-state index < -0.39 is 54.3 Å². The highest BCUT2D eigenvalue weighted by Gasteiger charge is 2.28. The van der Waals surface area contributed by atoms with Crippen LogP contribution in [0.4, 0.5) is 0 Å². The molecule has 0 heterocycles. The fraction of sp³-hybridized carbons (Fsp3) is 0.615. The van der Waals surface area contributed by atoms with Gasteiger partial charge in [0, 0.05) is 12.8 Å². The maximum absolute atomic E-state index is 12.2. The first kappa shape index (κ1) is 22.3. The lowest BCUT2D eigenvalue weighted by Crippen LogP contribution is -2.55. The summed E-state index contributed by atoms with van der Waals surface area (Å²) < 4.78 is 0. The first-order valence-corrected chi connectivity index (χ1v) is 7.35. The number of aliphatic carboxylic acids is 1. The summed E-state index contributed by atoms with van der Waals surface area (Å²) in [6.07, 6.45) is -0.979. The number of primary amides is 2. The molecular formula is C13H23N5O7. The van der Waals surface area contributed by atoms with Crippen molar-refractivity contribution in [1.29, 1.82) is 0 Å². The summed E-state index contributed by atoms with van der Waals surface area (Å²) >= 11 is 0. The van der Waals surface area contributed by atoms with E-state index in [1.165, 1.54) is 0 Å². The van der Waals surface area contributed by atoms with Gasteiger partial charge in [0.2, 0.25) is 23.6 Å². The molecule has 12 heteroatoms. The van der Waals surface area contributed by atoms with Gasteiger partial charge in [-0.1, -0.05) is 0 Å². The lowest BCUT2D eigenvalue weighted by atomic mass is 10.1. The van der Waals surface area contributed by atoms with E-state index in [1.807, 2.05) is 0 Å². The molecule has 25 heavy (non-hydrogen) atoms. The van der Waals surface area contributed by atoms with Gasteiger partial charge in [-0.15, -0.1) is 0 Å². The maximum Gasteiger partial charge on any atom is 0.326 e. The number of nitrogens with one attached hydrogen (secondary N) is 2.